The predicted octanol–water partition coefficient (Wildman–Crippen LogP) is 1.99. The molecule has 0 saturated carbocycles. The number of hydrogen-bond donors (Lipinski definition) is 1. The van der Waals surface area contributed by atoms with Gasteiger partial charge in [-0.05, 0) is 42.3 Å². The van der Waals surface area contributed by atoms with E-state index in [1.54, 1.807) is 36.1 Å². The summed E-state index contributed by atoms with van der Waals surface area (Å²) >= 11 is 0. The summed E-state index contributed by atoms with van der Waals surface area (Å²) < 4.78 is 7.89. The molecule has 30 heavy (non-hydrogen) atoms. The van der Waals surface area contributed by atoms with Crippen molar-refractivity contribution in [1.29, 1.82) is 0 Å². The summed E-state index contributed by atoms with van der Waals surface area (Å²) in [7, 11) is 1.57. The van der Waals surface area contributed by atoms with E-state index in [2.05, 4.69) is 20.6 Å². The van der Waals surface area contributed by atoms with E-state index in [4.69, 9.17) is 4.74 Å². The third-order valence-electron chi connectivity index (χ3n) is 4.76. The lowest BCUT2D eigenvalue weighted by Gasteiger charge is -2.08. The second kappa shape index (κ2) is 8.16. The molecule has 1 N–H and O–H groups in total. The van der Waals surface area contributed by atoms with Crippen molar-refractivity contribution in [3.8, 4) is 5.75 Å². The molecular weight excluding hydrogens is 384 g/mol. The molecule has 0 fully saturated rings. The van der Waals surface area contributed by atoms with Crippen LogP contribution >= 0.6 is 0 Å². The molecule has 152 valence electrons. The van der Waals surface area contributed by atoms with E-state index in [0.717, 1.165) is 11.1 Å². The van der Waals surface area contributed by atoms with Gasteiger partial charge >= 0.3 is 0 Å². The van der Waals surface area contributed by atoms with Crippen molar-refractivity contribution in [1.82, 2.24) is 24.5 Å². The van der Waals surface area contributed by atoms with Crippen LogP contribution in [-0.4, -0.2) is 37.6 Å². The first kappa shape index (κ1) is 19.3. The van der Waals surface area contributed by atoms with Crippen LogP contribution in [0.15, 0.2) is 59.7 Å². The van der Waals surface area contributed by atoms with Crippen molar-refractivity contribution in [2.24, 2.45) is 0 Å². The van der Waals surface area contributed by atoms with Crippen molar-refractivity contribution in [2.75, 3.05) is 12.4 Å². The Hall–Kier alpha value is -4.01. The van der Waals surface area contributed by atoms with Crippen LogP contribution in [0, 0.1) is 6.92 Å². The normalized spacial score (nSPS) is 10.9. The van der Waals surface area contributed by atoms with Crippen LogP contribution in [0.3, 0.4) is 0 Å². The third-order valence-corrected chi connectivity index (χ3v) is 4.76. The number of amides is 1. The van der Waals surface area contributed by atoms with Gasteiger partial charge in [-0.3, -0.25) is 14.2 Å². The topological polar surface area (TPSA) is 104 Å². The van der Waals surface area contributed by atoms with Gasteiger partial charge in [0.15, 0.2) is 11.2 Å². The van der Waals surface area contributed by atoms with Gasteiger partial charge in [0, 0.05) is 5.69 Å². The molecule has 9 heteroatoms. The zero-order chi connectivity index (χ0) is 21.1. The molecular formula is C21H20N6O3. The maximum Gasteiger partial charge on any atom is 0.283 e. The Kier molecular flexibility index (Phi) is 5.25. The summed E-state index contributed by atoms with van der Waals surface area (Å²) in [4.78, 5) is 29.4. The van der Waals surface area contributed by atoms with Gasteiger partial charge in [-0.1, -0.05) is 29.5 Å². The van der Waals surface area contributed by atoms with Gasteiger partial charge in [0.2, 0.25) is 5.91 Å². The third kappa shape index (κ3) is 3.90. The fourth-order valence-corrected chi connectivity index (χ4v) is 3.08. The minimum absolute atomic E-state index is 0.128. The molecule has 0 spiro atoms. The van der Waals surface area contributed by atoms with Crippen LogP contribution in [0.5, 0.6) is 5.75 Å². The number of ether oxygens (including phenoxy) is 1. The number of hydrogen-bond acceptors (Lipinski definition) is 6. The Morgan fingerprint density at radius 2 is 1.90 bits per heavy atom. The highest BCUT2D eigenvalue weighted by Crippen LogP contribution is 2.15. The van der Waals surface area contributed by atoms with E-state index < -0.39 is 5.56 Å². The summed E-state index contributed by atoms with van der Waals surface area (Å²) in [6.45, 7) is 2.28. The van der Waals surface area contributed by atoms with Crippen molar-refractivity contribution in [3.63, 3.8) is 0 Å². The zero-order valence-corrected chi connectivity index (χ0v) is 16.6. The standard InChI is InChI=1S/C21H20N6O3/c1-14-5-3-4-6-15(14)11-27-20-19(24-25-27)21(29)26(13-22-20)12-18(28)23-16-7-9-17(30-2)10-8-16/h3-10,13H,11-12H2,1-2H3,(H,23,28). The van der Waals surface area contributed by atoms with Crippen LogP contribution in [0.25, 0.3) is 11.2 Å². The van der Waals surface area contributed by atoms with Gasteiger partial charge in [-0.15, -0.1) is 5.10 Å². The van der Waals surface area contributed by atoms with E-state index in [9.17, 15) is 9.59 Å². The molecule has 0 aliphatic heterocycles. The highest BCUT2D eigenvalue weighted by molar-refractivity contribution is 5.90. The summed E-state index contributed by atoms with van der Waals surface area (Å²) in [5, 5.41) is 10.8. The van der Waals surface area contributed by atoms with Crippen LogP contribution < -0.4 is 15.6 Å². The molecule has 1 amide bonds. The first-order valence-electron chi connectivity index (χ1n) is 9.32. The van der Waals surface area contributed by atoms with Gasteiger partial charge in [0.25, 0.3) is 5.56 Å². The molecule has 0 aliphatic carbocycles. The van der Waals surface area contributed by atoms with Crippen LogP contribution in [0.2, 0.25) is 0 Å². The van der Waals surface area contributed by atoms with E-state index in [-0.39, 0.29) is 18.0 Å². The Labute approximate surface area is 171 Å². The first-order valence-corrected chi connectivity index (χ1v) is 9.32. The number of rotatable bonds is 6. The molecule has 0 bridgehead atoms. The number of methoxy groups -OCH3 is 1. The number of benzene rings is 2. The quantitative estimate of drug-likeness (QED) is 0.527. The summed E-state index contributed by atoms with van der Waals surface area (Å²) in [5.41, 5.74) is 2.88. The summed E-state index contributed by atoms with van der Waals surface area (Å²) in [5.74, 6) is 0.336. The molecule has 2 heterocycles. The lowest BCUT2D eigenvalue weighted by Crippen LogP contribution is -2.28. The number of fused-ring (bicyclic) bond motifs is 1. The van der Waals surface area contributed by atoms with E-state index >= 15 is 0 Å². The summed E-state index contributed by atoms with van der Waals surface area (Å²) in [6, 6.07) is 14.8. The van der Waals surface area contributed by atoms with Crippen LogP contribution in [0.1, 0.15) is 11.1 Å². The molecule has 0 aliphatic rings. The van der Waals surface area contributed by atoms with Gasteiger partial charge < -0.3 is 10.1 Å². The van der Waals surface area contributed by atoms with Gasteiger partial charge in [-0.25, -0.2) is 9.67 Å². The second-order valence-electron chi connectivity index (χ2n) is 6.80. The maximum absolute atomic E-state index is 12.7. The lowest BCUT2D eigenvalue weighted by atomic mass is 10.1. The Morgan fingerprint density at radius 1 is 1.13 bits per heavy atom. The molecule has 0 radical (unpaired) electrons. The Balaban J connectivity index is 1.53. The molecule has 4 rings (SSSR count). The number of aromatic nitrogens is 5. The zero-order valence-electron chi connectivity index (χ0n) is 16.6. The fraction of sp³-hybridized carbons (Fsp3) is 0.190. The number of carbonyl (C=O) groups excluding carboxylic acids is 1. The molecule has 2 aromatic carbocycles. The van der Waals surface area contributed by atoms with E-state index in [1.165, 1.54) is 10.9 Å². The van der Waals surface area contributed by atoms with Gasteiger partial charge in [0.1, 0.15) is 18.6 Å². The highest BCUT2D eigenvalue weighted by Gasteiger charge is 2.14. The van der Waals surface area contributed by atoms with Gasteiger partial charge in [0.05, 0.1) is 13.7 Å². The average molecular weight is 404 g/mol. The van der Waals surface area contributed by atoms with Gasteiger partial charge in [-0.2, -0.15) is 0 Å². The Morgan fingerprint density at radius 3 is 2.63 bits per heavy atom. The van der Waals surface area contributed by atoms with Crippen LogP contribution in [0.4, 0.5) is 5.69 Å². The minimum atomic E-state index is -0.416. The molecule has 2 aromatic heterocycles. The predicted molar refractivity (Wildman–Crippen MR) is 111 cm³/mol. The molecule has 4 aromatic rings. The number of nitrogens with zero attached hydrogens (tertiary/aromatic N) is 5. The first-order chi connectivity index (χ1) is 14.5. The van der Waals surface area contributed by atoms with E-state index in [1.807, 2.05) is 31.2 Å². The highest BCUT2D eigenvalue weighted by atomic mass is 16.5. The Bertz CT molecular complexity index is 1260. The monoisotopic (exact) mass is 404 g/mol. The second-order valence-corrected chi connectivity index (χ2v) is 6.80. The fourth-order valence-electron chi connectivity index (χ4n) is 3.08. The minimum Gasteiger partial charge on any atom is -0.497 e. The SMILES string of the molecule is COc1ccc(NC(=O)Cn2cnc3c(nnn3Cc3ccccc3C)c2=O)cc1. The number of nitrogens with one attached hydrogen (secondary N) is 1. The van der Waals surface area contributed by atoms with Crippen molar-refractivity contribution >= 4 is 22.8 Å². The van der Waals surface area contributed by atoms with E-state index in [0.29, 0.717) is 23.6 Å². The number of aryl methyl sites for hydroxylation is 1. The van der Waals surface area contributed by atoms with Crippen molar-refractivity contribution in [3.05, 3.63) is 76.3 Å². The van der Waals surface area contributed by atoms with Crippen molar-refractivity contribution < 1.29 is 9.53 Å². The van der Waals surface area contributed by atoms with Crippen molar-refractivity contribution in [2.45, 2.75) is 20.0 Å². The number of anilines is 1. The maximum atomic E-state index is 12.7. The molecule has 9 nitrogen and oxygen atoms in total. The summed E-state index contributed by atoms with van der Waals surface area (Å²) in [6.07, 6.45) is 1.34. The largest absolute Gasteiger partial charge is 0.497 e. The molecule has 0 atom stereocenters. The molecule has 0 saturated heterocycles. The lowest BCUT2D eigenvalue weighted by molar-refractivity contribution is -0.116. The van der Waals surface area contributed by atoms with Crippen LogP contribution in [-0.2, 0) is 17.9 Å². The number of carbonyl (C=O) groups is 1. The smallest absolute Gasteiger partial charge is 0.283 e. The molecule has 0 unspecified atom stereocenters. The average Bonchev–Trinajstić information content (AvgIpc) is 3.16.